The number of hydrogen-bond acceptors (Lipinski definition) is 8. The molecule has 2 amide bonds. The van der Waals surface area contributed by atoms with Crippen molar-refractivity contribution in [3.8, 4) is 17.0 Å². The number of rotatable bonds is 8. The number of aromatic nitrogens is 6. The lowest BCUT2D eigenvalue weighted by molar-refractivity contribution is -0.119. The van der Waals surface area contributed by atoms with E-state index in [4.69, 9.17) is 4.74 Å². The summed E-state index contributed by atoms with van der Waals surface area (Å²) in [5.41, 5.74) is 2.67. The highest BCUT2D eigenvalue weighted by molar-refractivity contribution is 7.17. The van der Waals surface area contributed by atoms with Gasteiger partial charge in [-0.3, -0.25) is 24.2 Å². The highest BCUT2D eigenvalue weighted by Crippen LogP contribution is 2.34. The van der Waals surface area contributed by atoms with Crippen molar-refractivity contribution < 1.29 is 18.7 Å². The number of ether oxygens (including phenoxy) is 1. The number of anilines is 2. The molecule has 11 nitrogen and oxygen atoms in total. The highest BCUT2D eigenvalue weighted by Gasteiger charge is 2.31. The van der Waals surface area contributed by atoms with Crippen molar-refractivity contribution in [3.05, 3.63) is 71.3 Å². The molecule has 1 aromatic carbocycles. The summed E-state index contributed by atoms with van der Waals surface area (Å²) in [6, 6.07) is 4.89. The van der Waals surface area contributed by atoms with Crippen LogP contribution in [0, 0.1) is 25.6 Å². The van der Waals surface area contributed by atoms with Crippen LogP contribution in [0.4, 0.5) is 15.9 Å². The molecule has 1 saturated heterocycles. The van der Waals surface area contributed by atoms with Crippen LogP contribution >= 0.6 is 9.24 Å². The second-order valence-electron chi connectivity index (χ2n) is 10.5. The van der Waals surface area contributed by atoms with E-state index in [9.17, 15) is 9.59 Å². The van der Waals surface area contributed by atoms with Gasteiger partial charge in [-0.2, -0.15) is 10.2 Å². The third kappa shape index (κ3) is 5.85. The van der Waals surface area contributed by atoms with E-state index >= 15 is 4.39 Å². The van der Waals surface area contributed by atoms with Crippen LogP contribution in [0.1, 0.15) is 60.5 Å². The fourth-order valence-corrected chi connectivity index (χ4v) is 4.89. The first-order valence-electron chi connectivity index (χ1n) is 13.6. The summed E-state index contributed by atoms with van der Waals surface area (Å²) < 4.78 is 22.6. The fraction of sp³-hybridized carbons (Fsp3) is 0.345. The van der Waals surface area contributed by atoms with Gasteiger partial charge in [0.1, 0.15) is 23.1 Å². The minimum atomic E-state index is -0.531. The summed E-state index contributed by atoms with van der Waals surface area (Å²) in [5, 5.41) is 15.9. The van der Waals surface area contributed by atoms with Crippen molar-refractivity contribution in [2.45, 2.75) is 52.9 Å². The molecule has 3 aromatic heterocycles. The number of benzene rings is 1. The van der Waals surface area contributed by atoms with Gasteiger partial charge in [-0.15, -0.1) is 5.10 Å². The summed E-state index contributed by atoms with van der Waals surface area (Å²) in [7, 11) is 2.50. The second kappa shape index (κ2) is 11.9. The number of halogens is 1. The Balaban J connectivity index is 1.32. The average Bonchev–Trinajstić information content (AvgIpc) is 3.56. The van der Waals surface area contributed by atoms with E-state index in [0.29, 0.717) is 35.1 Å². The lowest BCUT2D eigenvalue weighted by Gasteiger charge is -2.18. The van der Waals surface area contributed by atoms with Crippen LogP contribution in [0.15, 0.2) is 43.0 Å². The maximum Gasteiger partial charge on any atom is 0.275 e. The molecule has 13 heteroatoms. The minimum Gasteiger partial charge on any atom is -0.486 e. The molecule has 4 heterocycles. The van der Waals surface area contributed by atoms with E-state index < -0.39 is 11.7 Å². The Kier molecular flexibility index (Phi) is 8.27. The molecule has 218 valence electrons. The van der Waals surface area contributed by atoms with E-state index in [0.717, 1.165) is 12.0 Å². The van der Waals surface area contributed by atoms with Gasteiger partial charge in [0.05, 0.1) is 47.3 Å². The van der Waals surface area contributed by atoms with Gasteiger partial charge in [-0.25, -0.2) is 9.37 Å². The summed E-state index contributed by atoms with van der Waals surface area (Å²) >= 11 is 0. The van der Waals surface area contributed by atoms with Gasteiger partial charge < -0.3 is 10.1 Å². The van der Waals surface area contributed by atoms with Crippen molar-refractivity contribution >= 4 is 32.6 Å². The molecule has 4 aromatic rings. The molecule has 0 saturated carbocycles. The Morgan fingerprint density at radius 3 is 2.64 bits per heavy atom. The van der Waals surface area contributed by atoms with E-state index in [1.165, 1.54) is 18.6 Å². The van der Waals surface area contributed by atoms with Crippen LogP contribution in [0.2, 0.25) is 0 Å². The Hall–Kier alpha value is -4.31. The first kappa shape index (κ1) is 29.2. The molecule has 0 spiro atoms. The smallest absolute Gasteiger partial charge is 0.275 e. The molecule has 4 atom stereocenters. The molecule has 1 N–H and O–H groups in total. The maximum absolute atomic E-state index is 15.2. The Labute approximate surface area is 245 Å². The van der Waals surface area contributed by atoms with Crippen molar-refractivity contribution in [3.63, 3.8) is 0 Å². The summed E-state index contributed by atoms with van der Waals surface area (Å²) in [6.45, 7) is 9.81. The van der Waals surface area contributed by atoms with Crippen molar-refractivity contribution in [2.24, 2.45) is 5.92 Å². The quantitative estimate of drug-likeness (QED) is 0.292. The topological polar surface area (TPSA) is 128 Å². The van der Waals surface area contributed by atoms with Crippen molar-refractivity contribution in [2.75, 3.05) is 16.8 Å². The van der Waals surface area contributed by atoms with Crippen LogP contribution in [0.3, 0.4) is 0 Å². The van der Waals surface area contributed by atoms with Crippen LogP contribution in [-0.4, -0.2) is 54.1 Å². The molecule has 1 aliphatic heterocycles. The van der Waals surface area contributed by atoms with Gasteiger partial charge in [0, 0.05) is 18.7 Å². The number of hydrogen-bond donors (Lipinski definition) is 1. The standard InChI is InChI=1S/C29H32FN8O3P/c1-15-6-7-24(41-19(5)42)25(26(15)30)22-12-31-13-23(34-22)28(39)33-20-11-32-38(14-20)18(4)21-10-17(3)27(36-35-21)37-9-8-16(2)29(37)40/h6-7,10-14,16,18-19H,8-9,42H2,1-5H3,(H,33,39)/t16-,18?,19?/m1/s1. The van der Waals surface area contributed by atoms with E-state index in [-0.39, 0.29) is 40.7 Å². The average molecular weight is 591 g/mol. The zero-order valence-corrected chi connectivity index (χ0v) is 25.2. The van der Waals surface area contributed by atoms with Crippen LogP contribution in [-0.2, 0) is 4.79 Å². The summed E-state index contributed by atoms with van der Waals surface area (Å²) in [4.78, 5) is 35.7. The Morgan fingerprint density at radius 1 is 1.17 bits per heavy atom. The zero-order valence-electron chi connectivity index (χ0n) is 24.0. The predicted molar refractivity (Wildman–Crippen MR) is 159 cm³/mol. The molecular weight excluding hydrogens is 558 g/mol. The number of nitrogens with one attached hydrogen (secondary N) is 1. The number of amides is 2. The third-order valence-corrected chi connectivity index (χ3v) is 7.26. The Bertz CT molecular complexity index is 1660. The highest BCUT2D eigenvalue weighted by atomic mass is 31.0. The first-order valence-corrected chi connectivity index (χ1v) is 14.2. The molecular formula is C29H32FN8O3P. The molecule has 0 aliphatic carbocycles. The third-order valence-electron chi connectivity index (χ3n) is 7.12. The van der Waals surface area contributed by atoms with Crippen LogP contribution in [0.25, 0.3) is 11.3 Å². The van der Waals surface area contributed by atoms with Gasteiger partial charge >= 0.3 is 0 Å². The number of nitrogens with zero attached hydrogens (tertiary/aromatic N) is 7. The molecule has 5 rings (SSSR count). The molecule has 3 unspecified atom stereocenters. The monoisotopic (exact) mass is 590 g/mol. The summed E-state index contributed by atoms with van der Waals surface area (Å²) in [6.07, 6.45) is 6.68. The van der Waals surface area contributed by atoms with E-state index in [2.05, 4.69) is 39.8 Å². The van der Waals surface area contributed by atoms with Gasteiger partial charge in [0.25, 0.3) is 5.91 Å². The lowest BCUT2D eigenvalue weighted by atomic mass is 10.1. The lowest BCUT2D eigenvalue weighted by Crippen LogP contribution is -2.28. The van der Waals surface area contributed by atoms with Crippen molar-refractivity contribution in [1.82, 2.24) is 29.9 Å². The second-order valence-corrected chi connectivity index (χ2v) is 11.4. The molecule has 1 fully saturated rings. The molecule has 1 aliphatic rings. The normalized spacial score (nSPS) is 16.4. The van der Waals surface area contributed by atoms with Gasteiger partial charge in [0.15, 0.2) is 5.82 Å². The van der Waals surface area contributed by atoms with Gasteiger partial charge in [-0.05, 0) is 57.4 Å². The summed E-state index contributed by atoms with van der Waals surface area (Å²) in [5.74, 6) is -0.377. The Morgan fingerprint density at radius 2 is 1.95 bits per heavy atom. The van der Waals surface area contributed by atoms with Gasteiger partial charge in [-0.1, -0.05) is 22.2 Å². The van der Waals surface area contributed by atoms with E-state index in [1.54, 1.807) is 34.8 Å². The molecule has 0 bridgehead atoms. The van der Waals surface area contributed by atoms with Crippen molar-refractivity contribution in [1.29, 1.82) is 0 Å². The van der Waals surface area contributed by atoms with Crippen LogP contribution < -0.4 is 15.0 Å². The predicted octanol–water partition coefficient (Wildman–Crippen LogP) is 4.72. The largest absolute Gasteiger partial charge is 0.486 e. The fourth-order valence-electron chi connectivity index (χ4n) is 4.74. The van der Waals surface area contributed by atoms with E-state index in [1.807, 2.05) is 33.8 Å². The SMILES string of the molecule is Cc1cc(C(C)n2cc(NC(=O)c3cncc(-c4c(OC(C)P)ccc(C)c4F)n3)cn2)nnc1N1CC[C@@H](C)C1=O. The van der Waals surface area contributed by atoms with Gasteiger partial charge in [0.2, 0.25) is 5.91 Å². The minimum absolute atomic E-state index is 0.00179. The molecule has 42 heavy (non-hydrogen) atoms. The first-order chi connectivity index (χ1) is 20.0. The number of aryl methyl sites for hydroxylation is 2. The molecule has 0 radical (unpaired) electrons. The number of carbonyl (C=O) groups excluding carboxylic acids is 2. The zero-order chi connectivity index (χ0) is 30.1. The maximum atomic E-state index is 15.2. The number of carbonyl (C=O) groups is 2. The van der Waals surface area contributed by atoms with Crippen LogP contribution in [0.5, 0.6) is 5.75 Å².